The normalized spacial score (nSPS) is 12.6. The number of nitrogens with two attached hydrogens (primary N) is 1. The Kier molecular flexibility index (Phi) is 3.39. The Hall–Kier alpha value is -2.33. The summed E-state index contributed by atoms with van der Waals surface area (Å²) in [5.74, 6) is -1.73. The van der Waals surface area contributed by atoms with E-state index in [9.17, 15) is 13.2 Å². The maximum Gasteiger partial charge on any atom is 0.131 e. The summed E-state index contributed by atoms with van der Waals surface area (Å²) in [7, 11) is 0. The van der Waals surface area contributed by atoms with Crippen molar-refractivity contribution in [3.63, 3.8) is 0 Å². The fourth-order valence-electron chi connectivity index (χ4n) is 2.48. The minimum absolute atomic E-state index is 0.174. The van der Waals surface area contributed by atoms with Crippen molar-refractivity contribution >= 4 is 10.8 Å². The molecule has 3 aromatic rings. The molecular weight excluding hydrogens is 275 g/mol. The highest BCUT2D eigenvalue weighted by Gasteiger charge is 2.17. The van der Waals surface area contributed by atoms with Crippen molar-refractivity contribution in [3.8, 4) is 0 Å². The van der Waals surface area contributed by atoms with Crippen molar-refractivity contribution in [3.05, 3.63) is 83.2 Å². The van der Waals surface area contributed by atoms with E-state index in [0.717, 1.165) is 12.1 Å². The number of fused-ring (bicyclic) bond motifs is 1. The van der Waals surface area contributed by atoms with Crippen molar-refractivity contribution in [2.24, 2.45) is 5.73 Å². The lowest BCUT2D eigenvalue weighted by atomic mass is 9.94. The van der Waals surface area contributed by atoms with Crippen LogP contribution in [0.3, 0.4) is 0 Å². The number of benzene rings is 3. The Morgan fingerprint density at radius 3 is 2.10 bits per heavy atom. The van der Waals surface area contributed by atoms with Crippen LogP contribution in [0.2, 0.25) is 0 Å². The van der Waals surface area contributed by atoms with Crippen molar-refractivity contribution in [1.82, 2.24) is 0 Å². The molecule has 1 unspecified atom stereocenters. The van der Waals surface area contributed by atoms with Gasteiger partial charge in [-0.15, -0.1) is 0 Å². The summed E-state index contributed by atoms with van der Waals surface area (Å²) in [6.45, 7) is 0. The van der Waals surface area contributed by atoms with Gasteiger partial charge in [0.2, 0.25) is 0 Å². The van der Waals surface area contributed by atoms with Crippen LogP contribution in [0.4, 0.5) is 13.2 Å². The third-order valence-electron chi connectivity index (χ3n) is 3.54. The summed E-state index contributed by atoms with van der Waals surface area (Å²) in [6, 6.07) is 12.2. The van der Waals surface area contributed by atoms with Gasteiger partial charge in [-0.25, -0.2) is 13.2 Å². The molecule has 0 bridgehead atoms. The van der Waals surface area contributed by atoms with E-state index < -0.39 is 17.7 Å². The molecule has 0 aliphatic heterocycles. The standard InChI is InChI=1S/C17H12F3N/c18-10-5-6-14(16(20)9-10)17(21)13-7-8-15(19)12-4-2-1-3-11(12)13/h1-9,17H,21H2. The average Bonchev–Trinajstić information content (AvgIpc) is 2.47. The van der Waals surface area contributed by atoms with Crippen LogP contribution >= 0.6 is 0 Å². The van der Waals surface area contributed by atoms with E-state index in [-0.39, 0.29) is 11.4 Å². The van der Waals surface area contributed by atoms with Crippen LogP contribution in [-0.2, 0) is 0 Å². The molecule has 3 aromatic carbocycles. The number of halogens is 3. The van der Waals surface area contributed by atoms with Crippen LogP contribution in [0.25, 0.3) is 10.8 Å². The summed E-state index contributed by atoms with van der Waals surface area (Å²) in [4.78, 5) is 0. The van der Waals surface area contributed by atoms with Gasteiger partial charge in [0.15, 0.2) is 0 Å². The Bertz CT molecular complexity index is 814. The van der Waals surface area contributed by atoms with Crippen LogP contribution in [0.5, 0.6) is 0 Å². The zero-order valence-electron chi connectivity index (χ0n) is 11.0. The molecule has 0 aliphatic rings. The first-order valence-corrected chi connectivity index (χ1v) is 6.45. The zero-order valence-corrected chi connectivity index (χ0v) is 11.0. The lowest BCUT2D eigenvalue weighted by Gasteiger charge is -2.16. The topological polar surface area (TPSA) is 26.0 Å². The Morgan fingerprint density at radius 2 is 1.38 bits per heavy atom. The molecule has 0 saturated carbocycles. The third kappa shape index (κ3) is 2.38. The second-order valence-electron chi connectivity index (χ2n) is 4.83. The van der Waals surface area contributed by atoms with Gasteiger partial charge in [0.05, 0.1) is 6.04 Å². The predicted molar refractivity (Wildman–Crippen MR) is 76.3 cm³/mol. The zero-order chi connectivity index (χ0) is 15.0. The van der Waals surface area contributed by atoms with E-state index in [1.165, 1.54) is 18.2 Å². The molecule has 2 N–H and O–H groups in total. The lowest BCUT2D eigenvalue weighted by Crippen LogP contribution is -2.14. The molecule has 1 nitrogen and oxygen atoms in total. The average molecular weight is 287 g/mol. The van der Waals surface area contributed by atoms with E-state index in [1.54, 1.807) is 24.3 Å². The number of hydrogen-bond acceptors (Lipinski definition) is 1. The minimum atomic E-state index is -0.795. The first-order chi connectivity index (χ1) is 10.1. The van der Waals surface area contributed by atoms with Gasteiger partial charge in [-0.05, 0) is 23.1 Å². The summed E-state index contributed by atoms with van der Waals surface area (Å²) in [5.41, 5.74) is 6.87. The molecular formula is C17H12F3N. The van der Waals surface area contributed by atoms with Crippen molar-refractivity contribution < 1.29 is 13.2 Å². The summed E-state index contributed by atoms with van der Waals surface area (Å²) in [6.07, 6.45) is 0. The quantitative estimate of drug-likeness (QED) is 0.747. The van der Waals surface area contributed by atoms with Gasteiger partial charge in [0.1, 0.15) is 17.5 Å². The van der Waals surface area contributed by atoms with Crippen LogP contribution in [-0.4, -0.2) is 0 Å². The number of rotatable bonds is 2. The van der Waals surface area contributed by atoms with E-state index in [1.807, 2.05) is 0 Å². The third-order valence-corrected chi connectivity index (χ3v) is 3.54. The van der Waals surface area contributed by atoms with E-state index in [0.29, 0.717) is 16.3 Å². The second kappa shape index (κ2) is 5.22. The van der Waals surface area contributed by atoms with Gasteiger partial charge in [0.25, 0.3) is 0 Å². The molecule has 0 saturated heterocycles. The Labute approximate surface area is 119 Å². The SMILES string of the molecule is NC(c1ccc(F)cc1F)c1ccc(F)c2ccccc12. The van der Waals surface area contributed by atoms with Crippen molar-refractivity contribution in [1.29, 1.82) is 0 Å². The molecule has 0 aromatic heterocycles. The fourth-order valence-corrected chi connectivity index (χ4v) is 2.48. The van der Waals surface area contributed by atoms with Gasteiger partial charge in [-0.2, -0.15) is 0 Å². The highest BCUT2D eigenvalue weighted by molar-refractivity contribution is 5.87. The van der Waals surface area contributed by atoms with Crippen LogP contribution in [0, 0.1) is 17.5 Å². The molecule has 0 aliphatic carbocycles. The van der Waals surface area contributed by atoms with Gasteiger partial charge < -0.3 is 5.73 Å². The molecule has 0 radical (unpaired) electrons. The molecule has 0 heterocycles. The van der Waals surface area contributed by atoms with E-state index in [4.69, 9.17) is 5.73 Å². The number of hydrogen-bond donors (Lipinski definition) is 1. The highest BCUT2D eigenvalue weighted by atomic mass is 19.1. The van der Waals surface area contributed by atoms with Crippen LogP contribution < -0.4 is 5.73 Å². The predicted octanol–water partition coefficient (Wildman–Crippen LogP) is 4.31. The summed E-state index contributed by atoms with van der Waals surface area (Å²) in [5, 5.41) is 1.04. The summed E-state index contributed by atoms with van der Waals surface area (Å²) < 4.78 is 40.7. The molecule has 1 atom stereocenters. The molecule has 3 rings (SSSR count). The monoisotopic (exact) mass is 287 g/mol. The molecule has 21 heavy (non-hydrogen) atoms. The first-order valence-electron chi connectivity index (χ1n) is 6.45. The Morgan fingerprint density at radius 1 is 0.714 bits per heavy atom. The fraction of sp³-hybridized carbons (Fsp3) is 0.0588. The van der Waals surface area contributed by atoms with E-state index >= 15 is 0 Å². The molecule has 4 heteroatoms. The lowest BCUT2D eigenvalue weighted by molar-refractivity contribution is 0.566. The first kappa shape index (κ1) is 13.6. The van der Waals surface area contributed by atoms with Crippen molar-refractivity contribution in [2.75, 3.05) is 0 Å². The molecule has 0 fully saturated rings. The van der Waals surface area contributed by atoms with Crippen molar-refractivity contribution in [2.45, 2.75) is 6.04 Å². The van der Waals surface area contributed by atoms with E-state index in [2.05, 4.69) is 0 Å². The maximum absolute atomic E-state index is 13.9. The highest BCUT2D eigenvalue weighted by Crippen LogP contribution is 2.30. The largest absolute Gasteiger partial charge is 0.320 e. The van der Waals surface area contributed by atoms with Crippen LogP contribution in [0.15, 0.2) is 54.6 Å². The smallest absolute Gasteiger partial charge is 0.131 e. The van der Waals surface area contributed by atoms with Crippen LogP contribution in [0.1, 0.15) is 17.2 Å². The maximum atomic E-state index is 13.9. The Balaban J connectivity index is 2.18. The van der Waals surface area contributed by atoms with Gasteiger partial charge in [-0.3, -0.25) is 0 Å². The molecule has 0 spiro atoms. The summed E-state index contributed by atoms with van der Waals surface area (Å²) >= 11 is 0. The van der Waals surface area contributed by atoms with Gasteiger partial charge >= 0.3 is 0 Å². The van der Waals surface area contributed by atoms with Gasteiger partial charge in [-0.1, -0.05) is 36.4 Å². The van der Waals surface area contributed by atoms with Gasteiger partial charge in [0, 0.05) is 17.0 Å². The second-order valence-corrected chi connectivity index (χ2v) is 4.83. The minimum Gasteiger partial charge on any atom is -0.320 e. The molecule has 0 amide bonds. The molecule has 106 valence electrons.